The van der Waals surface area contributed by atoms with E-state index in [-0.39, 0.29) is 18.4 Å². The van der Waals surface area contributed by atoms with Gasteiger partial charge in [-0.05, 0) is 60.7 Å². The Balaban J connectivity index is 2.67. The van der Waals surface area contributed by atoms with Gasteiger partial charge in [0.2, 0.25) is 5.91 Å². The number of halogens is 1. The lowest BCUT2D eigenvalue weighted by molar-refractivity contribution is -0.131. The van der Waals surface area contributed by atoms with Crippen LogP contribution in [0.5, 0.6) is 0 Å². The zero-order chi connectivity index (χ0) is 14.4. The zero-order valence-corrected chi connectivity index (χ0v) is 13.7. The van der Waals surface area contributed by atoms with Crippen LogP contribution in [0.15, 0.2) is 24.3 Å². The van der Waals surface area contributed by atoms with E-state index in [1.54, 1.807) is 24.1 Å². The molecule has 0 spiro atoms. The highest BCUT2D eigenvalue weighted by Crippen LogP contribution is 2.09. The van der Waals surface area contributed by atoms with Crippen molar-refractivity contribution in [1.29, 1.82) is 0 Å². The summed E-state index contributed by atoms with van der Waals surface area (Å²) in [6, 6.07) is 7.33. The van der Waals surface area contributed by atoms with Crippen molar-refractivity contribution >= 4 is 34.4 Å². The molecule has 0 atom stereocenters. The Labute approximate surface area is 127 Å². The molecule has 0 saturated heterocycles. The molecule has 1 aromatic carbocycles. The standard InChI is InChI=1S/C14H19IN2O2/c1-4-17(5-2)13(18)10-16(3)14(19)11-6-8-12(15)9-7-11/h6-9H,4-5,10H2,1-3H3. The van der Waals surface area contributed by atoms with Crippen molar-refractivity contribution in [2.45, 2.75) is 13.8 Å². The van der Waals surface area contributed by atoms with Crippen LogP contribution in [0, 0.1) is 3.57 Å². The lowest BCUT2D eigenvalue weighted by atomic mass is 10.2. The van der Waals surface area contributed by atoms with Gasteiger partial charge >= 0.3 is 0 Å². The molecule has 0 aliphatic heterocycles. The fourth-order valence-electron chi connectivity index (χ4n) is 1.76. The van der Waals surface area contributed by atoms with Crippen LogP contribution in [0.25, 0.3) is 0 Å². The molecule has 2 amide bonds. The highest BCUT2D eigenvalue weighted by molar-refractivity contribution is 14.1. The van der Waals surface area contributed by atoms with Gasteiger partial charge in [-0.15, -0.1) is 0 Å². The summed E-state index contributed by atoms with van der Waals surface area (Å²) in [7, 11) is 1.65. The Morgan fingerprint density at radius 2 is 1.63 bits per heavy atom. The Morgan fingerprint density at radius 1 is 1.11 bits per heavy atom. The van der Waals surface area contributed by atoms with Crippen molar-refractivity contribution in [1.82, 2.24) is 9.80 Å². The minimum absolute atomic E-state index is 0.0219. The molecular weight excluding hydrogens is 355 g/mol. The summed E-state index contributed by atoms with van der Waals surface area (Å²) in [4.78, 5) is 27.3. The number of carbonyl (C=O) groups excluding carboxylic acids is 2. The van der Waals surface area contributed by atoms with Crippen LogP contribution in [-0.2, 0) is 4.79 Å². The van der Waals surface area contributed by atoms with E-state index >= 15 is 0 Å². The third kappa shape index (κ3) is 4.49. The summed E-state index contributed by atoms with van der Waals surface area (Å²) in [5, 5.41) is 0. The van der Waals surface area contributed by atoms with Gasteiger partial charge in [-0.1, -0.05) is 0 Å². The lowest BCUT2D eigenvalue weighted by Crippen LogP contribution is -2.41. The van der Waals surface area contributed by atoms with Crippen LogP contribution in [0.1, 0.15) is 24.2 Å². The second-order valence-electron chi connectivity index (χ2n) is 4.23. The minimum Gasteiger partial charge on any atom is -0.342 e. The van der Waals surface area contributed by atoms with Crippen molar-refractivity contribution in [3.05, 3.63) is 33.4 Å². The minimum atomic E-state index is -0.128. The molecule has 19 heavy (non-hydrogen) atoms. The summed E-state index contributed by atoms with van der Waals surface area (Å²) >= 11 is 2.19. The van der Waals surface area contributed by atoms with E-state index in [0.717, 1.165) is 3.57 Å². The molecule has 0 aliphatic rings. The molecule has 0 radical (unpaired) electrons. The van der Waals surface area contributed by atoms with Gasteiger partial charge < -0.3 is 9.80 Å². The van der Waals surface area contributed by atoms with Crippen LogP contribution >= 0.6 is 22.6 Å². The van der Waals surface area contributed by atoms with Crippen molar-refractivity contribution in [3.8, 4) is 0 Å². The molecule has 0 saturated carbocycles. The first kappa shape index (κ1) is 15.9. The van der Waals surface area contributed by atoms with Gasteiger partial charge in [0.15, 0.2) is 0 Å². The van der Waals surface area contributed by atoms with E-state index in [0.29, 0.717) is 18.7 Å². The van der Waals surface area contributed by atoms with E-state index < -0.39 is 0 Å². The number of hydrogen-bond acceptors (Lipinski definition) is 2. The maximum atomic E-state index is 12.1. The first-order valence-corrected chi connectivity index (χ1v) is 7.36. The van der Waals surface area contributed by atoms with E-state index in [1.165, 1.54) is 4.90 Å². The van der Waals surface area contributed by atoms with Crippen molar-refractivity contribution in [2.24, 2.45) is 0 Å². The van der Waals surface area contributed by atoms with Crippen molar-refractivity contribution in [3.63, 3.8) is 0 Å². The van der Waals surface area contributed by atoms with Crippen molar-refractivity contribution in [2.75, 3.05) is 26.7 Å². The molecule has 0 heterocycles. The number of hydrogen-bond donors (Lipinski definition) is 0. The number of amides is 2. The van der Waals surface area contributed by atoms with Crippen molar-refractivity contribution < 1.29 is 9.59 Å². The van der Waals surface area contributed by atoms with Crippen LogP contribution in [-0.4, -0.2) is 48.3 Å². The Bertz CT molecular complexity index is 441. The average molecular weight is 374 g/mol. The molecule has 0 bridgehead atoms. The molecule has 0 aliphatic carbocycles. The van der Waals surface area contributed by atoms with E-state index in [4.69, 9.17) is 0 Å². The number of benzene rings is 1. The highest BCUT2D eigenvalue weighted by atomic mass is 127. The van der Waals surface area contributed by atoms with Gasteiger partial charge in [0, 0.05) is 29.3 Å². The zero-order valence-electron chi connectivity index (χ0n) is 11.5. The summed E-state index contributed by atoms with van der Waals surface area (Å²) in [6.45, 7) is 5.32. The first-order valence-electron chi connectivity index (χ1n) is 6.28. The maximum absolute atomic E-state index is 12.1. The first-order chi connectivity index (χ1) is 8.99. The SMILES string of the molecule is CCN(CC)C(=O)CN(C)C(=O)c1ccc(I)cc1. The molecule has 0 fully saturated rings. The van der Waals surface area contributed by atoms with Gasteiger partial charge in [0.25, 0.3) is 5.91 Å². The smallest absolute Gasteiger partial charge is 0.254 e. The maximum Gasteiger partial charge on any atom is 0.254 e. The fourth-order valence-corrected chi connectivity index (χ4v) is 2.12. The Hall–Kier alpha value is -1.11. The molecule has 1 aromatic rings. The second-order valence-corrected chi connectivity index (χ2v) is 5.48. The highest BCUT2D eigenvalue weighted by Gasteiger charge is 2.17. The van der Waals surface area contributed by atoms with Crippen LogP contribution in [0.2, 0.25) is 0 Å². The summed E-state index contributed by atoms with van der Waals surface area (Å²) in [5.74, 6) is -0.150. The fraction of sp³-hybridized carbons (Fsp3) is 0.429. The third-order valence-corrected chi connectivity index (χ3v) is 3.65. The molecule has 0 aromatic heterocycles. The Morgan fingerprint density at radius 3 is 2.11 bits per heavy atom. The van der Waals surface area contributed by atoms with E-state index in [2.05, 4.69) is 22.6 Å². The molecule has 104 valence electrons. The summed E-state index contributed by atoms with van der Waals surface area (Å²) < 4.78 is 1.08. The van der Waals surface area contributed by atoms with Gasteiger partial charge in [0.1, 0.15) is 0 Å². The van der Waals surface area contributed by atoms with Crippen LogP contribution in [0.4, 0.5) is 0 Å². The number of rotatable bonds is 5. The molecule has 0 unspecified atom stereocenters. The summed E-state index contributed by atoms with van der Waals surface area (Å²) in [5.41, 5.74) is 0.607. The average Bonchev–Trinajstić information content (AvgIpc) is 2.40. The van der Waals surface area contributed by atoms with Gasteiger partial charge in [-0.25, -0.2) is 0 Å². The molecule has 5 heteroatoms. The molecule has 0 N–H and O–H groups in total. The molecule has 1 rings (SSSR count). The van der Waals surface area contributed by atoms with Gasteiger partial charge in [-0.2, -0.15) is 0 Å². The largest absolute Gasteiger partial charge is 0.342 e. The van der Waals surface area contributed by atoms with Gasteiger partial charge in [0.05, 0.1) is 6.54 Å². The lowest BCUT2D eigenvalue weighted by Gasteiger charge is -2.23. The predicted octanol–water partition coefficient (Wildman–Crippen LogP) is 2.23. The second kappa shape index (κ2) is 7.47. The van der Waals surface area contributed by atoms with E-state index in [1.807, 2.05) is 26.0 Å². The predicted molar refractivity (Wildman–Crippen MR) is 84.0 cm³/mol. The quantitative estimate of drug-likeness (QED) is 0.742. The van der Waals surface area contributed by atoms with Gasteiger partial charge in [-0.3, -0.25) is 9.59 Å². The third-order valence-electron chi connectivity index (χ3n) is 2.93. The molecular formula is C14H19IN2O2. The number of carbonyl (C=O) groups is 2. The van der Waals surface area contributed by atoms with Crippen LogP contribution < -0.4 is 0 Å². The number of likely N-dealkylation sites (N-methyl/N-ethyl adjacent to an activating group) is 2. The monoisotopic (exact) mass is 374 g/mol. The topological polar surface area (TPSA) is 40.6 Å². The number of nitrogens with zero attached hydrogens (tertiary/aromatic N) is 2. The van der Waals surface area contributed by atoms with Crippen LogP contribution in [0.3, 0.4) is 0 Å². The summed E-state index contributed by atoms with van der Waals surface area (Å²) in [6.07, 6.45) is 0. The molecule has 4 nitrogen and oxygen atoms in total. The normalized spacial score (nSPS) is 10.1. The Kier molecular flexibility index (Phi) is 6.27. The van der Waals surface area contributed by atoms with E-state index in [9.17, 15) is 9.59 Å².